The zero-order valence-electron chi connectivity index (χ0n) is 14.9. The molecule has 0 aliphatic carbocycles. The minimum Gasteiger partial charge on any atom is -0.488 e. The molecule has 0 bridgehead atoms. The lowest BCUT2D eigenvalue weighted by atomic mass is 10.1. The minimum atomic E-state index is -0.596. The summed E-state index contributed by atoms with van der Waals surface area (Å²) < 4.78 is 37.7. The number of rotatable bonds is 6. The number of hydrogen-bond donors (Lipinski definition) is 1. The Bertz CT molecular complexity index is 987. The van der Waals surface area contributed by atoms with Crippen molar-refractivity contribution in [3.05, 3.63) is 65.4 Å². The number of aryl methyl sites for hydroxylation is 1. The molecule has 2 aromatic carbocycles. The fraction of sp³-hybridized carbons (Fsp3) is 0.200. The Kier molecular flexibility index (Phi) is 5.61. The summed E-state index contributed by atoms with van der Waals surface area (Å²) in [6.45, 7) is 2.28. The molecule has 3 rings (SSSR count). The van der Waals surface area contributed by atoms with Gasteiger partial charge in [0, 0.05) is 36.0 Å². The Morgan fingerprint density at radius 3 is 2.67 bits per heavy atom. The number of benzene rings is 2. The maximum atomic E-state index is 14.1. The quantitative estimate of drug-likeness (QED) is 0.662. The number of hydrogen-bond acceptors (Lipinski definition) is 4. The van der Waals surface area contributed by atoms with Gasteiger partial charge in [0.15, 0.2) is 11.6 Å². The summed E-state index contributed by atoms with van der Waals surface area (Å²) in [6, 6.07) is 9.79. The molecule has 3 aromatic rings. The van der Waals surface area contributed by atoms with E-state index in [1.807, 2.05) is 0 Å². The molecular formula is C20H18F2N2O3. The van der Waals surface area contributed by atoms with Crippen molar-refractivity contribution in [2.75, 3.05) is 25.6 Å². The first-order valence-corrected chi connectivity index (χ1v) is 8.27. The molecule has 1 amide bonds. The summed E-state index contributed by atoms with van der Waals surface area (Å²) in [5, 5.41) is 3.16. The number of aromatic nitrogens is 1. The number of carbonyl (C=O) groups is 1. The molecule has 0 atom stereocenters. The van der Waals surface area contributed by atoms with E-state index in [1.165, 1.54) is 37.4 Å². The van der Waals surface area contributed by atoms with Crippen LogP contribution in [-0.2, 0) is 4.74 Å². The minimum absolute atomic E-state index is 0.0747. The first-order valence-electron chi connectivity index (χ1n) is 8.27. The Morgan fingerprint density at radius 1 is 1.11 bits per heavy atom. The van der Waals surface area contributed by atoms with Crippen LogP contribution in [0, 0.1) is 18.6 Å². The Balaban J connectivity index is 1.83. The van der Waals surface area contributed by atoms with Gasteiger partial charge < -0.3 is 14.8 Å². The van der Waals surface area contributed by atoms with Crippen LogP contribution in [0.5, 0.6) is 5.75 Å². The molecule has 0 saturated carbocycles. The van der Waals surface area contributed by atoms with Gasteiger partial charge in [-0.2, -0.15) is 0 Å². The second-order valence-electron chi connectivity index (χ2n) is 5.91. The third-order valence-electron chi connectivity index (χ3n) is 3.88. The Hall–Kier alpha value is -3.06. The number of carbonyl (C=O) groups excluding carboxylic acids is 1. The molecule has 0 spiro atoms. The van der Waals surface area contributed by atoms with E-state index < -0.39 is 17.5 Å². The summed E-state index contributed by atoms with van der Waals surface area (Å²) in [5.74, 6) is -1.39. The molecule has 5 nitrogen and oxygen atoms in total. The zero-order chi connectivity index (χ0) is 19.4. The van der Waals surface area contributed by atoms with Crippen molar-refractivity contribution in [1.29, 1.82) is 0 Å². The van der Waals surface area contributed by atoms with Crippen LogP contribution < -0.4 is 10.1 Å². The van der Waals surface area contributed by atoms with Crippen molar-refractivity contribution in [2.45, 2.75) is 6.92 Å². The highest BCUT2D eigenvalue weighted by atomic mass is 19.1. The normalized spacial score (nSPS) is 10.8. The van der Waals surface area contributed by atoms with Crippen LogP contribution in [0.4, 0.5) is 14.5 Å². The number of methoxy groups -OCH3 is 1. The van der Waals surface area contributed by atoms with E-state index in [4.69, 9.17) is 9.47 Å². The van der Waals surface area contributed by atoms with E-state index in [9.17, 15) is 13.6 Å². The van der Waals surface area contributed by atoms with Crippen molar-refractivity contribution in [3.8, 4) is 5.75 Å². The second kappa shape index (κ2) is 8.09. The molecule has 1 N–H and O–H groups in total. The third kappa shape index (κ3) is 4.38. The van der Waals surface area contributed by atoms with Gasteiger partial charge in [0.2, 0.25) is 0 Å². The average Bonchev–Trinajstić information content (AvgIpc) is 2.62. The highest BCUT2D eigenvalue weighted by Gasteiger charge is 2.14. The van der Waals surface area contributed by atoms with Gasteiger partial charge >= 0.3 is 0 Å². The maximum Gasteiger partial charge on any atom is 0.256 e. The topological polar surface area (TPSA) is 60.5 Å². The second-order valence-corrected chi connectivity index (χ2v) is 5.91. The molecule has 0 fully saturated rings. The molecule has 7 heteroatoms. The van der Waals surface area contributed by atoms with Crippen LogP contribution in [0.3, 0.4) is 0 Å². The summed E-state index contributed by atoms with van der Waals surface area (Å²) in [5.41, 5.74) is 1.57. The van der Waals surface area contributed by atoms with Gasteiger partial charge in [-0.3, -0.25) is 9.78 Å². The lowest BCUT2D eigenvalue weighted by molar-refractivity contribution is 0.102. The predicted octanol–water partition coefficient (Wildman–Crippen LogP) is 4.10. The SMILES string of the molecule is COCCOc1ccc(NC(=O)c2cc(C)nc3cc(F)ccc23)cc1F. The molecule has 0 unspecified atom stereocenters. The fourth-order valence-corrected chi connectivity index (χ4v) is 2.65. The lowest BCUT2D eigenvalue weighted by Crippen LogP contribution is -2.13. The molecular weight excluding hydrogens is 354 g/mol. The van der Waals surface area contributed by atoms with E-state index in [0.29, 0.717) is 28.8 Å². The number of fused-ring (bicyclic) bond motifs is 1. The van der Waals surface area contributed by atoms with Gasteiger partial charge in [-0.25, -0.2) is 8.78 Å². The Labute approximate surface area is 154 Å². The fourth-order valence-electron chi connectivity index (χ4n) is 2.65. The van der Waals surface area contributed by atoms with Gasteiger partial charge in [0.05, 0.1) is 17.7 Å². The molecule has 0 aliphatic heterocycles. The zero-order valence-corrected chi connectivity index (χ0v) is 14.9. The molecule has 140 valence electrons. The third-order valence-corrected chi connectivity index (χ3v) is 3.88. The molecule has 1 aromatic heterocycles. The smallest absolute Gasteiger partial charge is 0.256 e. The summed E-state index contributed by atoms with van der Waals surface area (Å²) in [4.78, 5) is 16.9. The monoisotopic (exact) mass is 372 g/mol. The standard InChI is InChI=1S/C20H18F2N2O3/c1-12-9-16(15-5-3-13(21)10-18(15)23-12)20(25)24-14-4-6-19(17(22)11-14)27-8-7-26-2/h3-6,9-11H,7-8H2,1-2H3,(H,24,25). The lowest BCUT2D eigenvalue weighted by Gasteiger charge is -2.11. The average molecular weight is 372 g/mol. The largest absolute Gasteiger partial charge is 0.488 e. The van der Waals surface area contributed by atoms with E-state index >= 15 is 0 Å². The number of ether oxygens (including phenoxy) is 2. The van der Waals surface area contributed by atoms with Crippen molar-refractivity contribution in [2.24, 2.45) is 0 Å². The number of halogens is 2. The van der Waals surface area contributed by atoms with Crippen molar-refractivity contribution < 1.29 is 23.0 Å². The van der Waals surface area contributed by atoms with Gasteiger partial charge in [-0.1, -0.05) is 0 Å². The van der Waals surface area contributed by atoms with Crippen molar-refractivity contribution in [3.63, 3.8) is 0 Å². The maximum absolute atomic E-state index is 14.1. The molecule has 0 saturated heterocycles. The molecule has 0 aliphatic rings. The van der Waals surface area contributed by atoms with Crippen molar-refractivity contribution in [1.82, 2.24) is 4.98 Å². The predicted molar refractivity (Wildman–Crippen MR) is 98.2 cm³/mol. The summed E-state index contributed by atoms with van der Waals surface area (Å²) in [7, 11) is 1.53. The molecule has 1 heterocycles. The van der Waals surface area contributed by atoms with Crippen LogP contribution in [0.1, 0.15) is 16.1 Å². The highest BCUT2D eigenvalue weighted by Crippen LogP contribution is 2.24. The number of amides is 1. The summed E-state index contributed by atoms with van der Waals surface area (Å²) in [6.07, 6.45) is 0. The van der Waals surface area contributed by atoms with Crippen LogP contribution in [-0.4, -0.2) is 31.2 Å². The Morgan fingerprint density at radius 2 is 1.93 bits per heavy atom. The van der Waals surface area contributed by atoms with Gasteiger partial charge in [0.25, 0.3) is 5.91 Å². The number of anilines is 1. The first kappa shape index (κ1) is 18.7. The van der Waals surface area contributed by atoms with E-state index in [2.05, 4.69) is 10.3 Å². The first-order chi connectivity index (χ1) is 13.0. The van der Waals surface area contributed by atoms with E-state index in [-0.39, 0.29) is 18.0 Å². The highest BCUT2D eigenvalue weighted by molar-refractivity contribution is 6.12. The van der Waals surface area contributed by atoms with Crippen LogP contribution >= 0.6 is 0 Å². The van der Waals surface area contributed by atoms with E-state index in [0.717, 1.165) is 0 Å². The van der Waals surface area contributed by atoms with Crippen LogP contribution in [0.15, 0.2) is 42.5 Å². The molecule has 0 radical (unpaired) electrons. The van der Waals surface area contributed by atoms with Gasteiger partial charge in [-0.05, 0) is 37.3 Å². The van der Waals surface area contributed by atoms with Gasteiger partial charge in [0.1, 0.15) is 12.4 Å². The number of nitrogens with one attached hydrogen (secondary N) is 1. The molecule has 27 heavy (non-hydrogen) atoms. The van der Waals surface area contributed by atoms with Gasteiger partial charge in [-0.15, -0.1) is 0 Å². The van der Waals surface area contributed by atoms with E-state index in [1.54, 1.807) is 19.1 Å². The number of pyridine rings is 1. The van der Waals surface area contributed by atoms with Crippen molar-refractivity contribution >= 4 is 22.5 Å². The summed E-state index contributed by atoms with van der Waals surface area (Å²) >= 11 is 0. The van der Waals surface area contributed by atoms with Crippen LogP contribution in [0.25, 0.3) is 10.9 Å². The number of nitrogens with zero attached hydrogens (tertiary/aromatic N) is 1. The van der Waals surface area contributed by atoms with Crippen LogP contribution in [0.2, 0.25) is 0 Å².